The third-order valence-corrected chi connectivity index (χ3v) is 4.44. The van der Waals surface area contributed by atoms with Crippen LogP contribution in [-0.2, 0) is 4.79 Å². The van der Waals surface area contributed by atoms with Gasteiger partial charge in [-0.1, -0.05) is 12.8 Å². The van der Waals surface area contributed by atoms with Crippen molar-refractivity contribution in [1.29, 1.82) is 0 Å². The molecule has 4 nitrogen and oxygen atoms in total. The van der Waals surface area contributed by atoms with Crippen molar-refractivity contribution >= 4 is 17.7 Å². The van der Waals surface area contributed by atoms with E-state index in [-0.39, 0.29) is 11.9 Å². The van der Waals surface area contributed by atoms with Gasteiger partial charge in [0, 0.05) is 25.4 Å². The Hall–Kier alpha value is -0.260. The molecule has 5 heteroatoms. The molecule has 1 aliphatic rings. The molecule has 1 saturated heterocycles. The van der Waals surface area contributed by atoms with Gasteiger partial charge in [-0.3, -0.25) is 4.79 Å². The summed E-state index contributed by atoms with van der Waals surface area (Å²) in [5, 5.41) is 13.3. The molecule has 1 amide bonds. The van der Waals surface area contributed by atoms with E-state index in [9.17, 15) is 9.90 Å². The average molecular weight is 288 g/mol. The molecule has 0 spiro atoms. The molecule has 19 heavy (non-hydrogen) atoms. The molecule has 0 aromatic carbocycles. The van der Waals surface area contributed by atoms with Crippen molar-refractivity contribution in [2.45, 2.75) is 51.2 Å². The van der Waals surface area contributed by atoms with Crippen LogP contribution in [0.15, 0.2) is 0 Å². The van der Waals surface area contributed by atoms with Crippen LogP contribution in [0.1, 0.15) is 39.5 Å². The highest BCUT2D eigenvalue weighted by Gasteiger charge is 2.25. The van der Waals surface area contributed by atoms with Crippen molar-refractivity contribution in [1.82, 2.24) is 10.2 Å². The first kappa shape index (κ1) is 16.8. The number of likely N-dealkylation sites (tertiary alicyclic amines) is 1. The van der Waals surface area contributed by atoms with Gasteiger partial charge in [0.25, 0.3) is 0 Å². The van der Waals surface area contributed by atoms with Crippen LogP contribution in [-0.4, -0.2) is 59.2 Å². The fraction of sp³-hybridized carbons (Fsp3) is 0.929. The predicted molar refractivity (Wildman–Crippen MR) is 81.5 cm³/mol. The number of hydrogen-bond acceptors (Lipinski definition) is 4. The zero-order chi connectivity index (χ0) is 14.3. The van der Waals surface area contributed by atoms with Gasteiger partial charge in [-0.05, 0) is 32.9 Å². The Balaban J connectivity index is 2.39. The second-order valence-electron chi connectivity index (χ2n) is 5.77. The van der Waals surface area contributed by atoms with Gasteiger partial charge in [-0.15, -0.1) is 0 Å². The first-order valence-corrected chi connectivity index (χ1v) is 8.59. The maximum absolute atomic E-state index is 12.3. The van der Waals surface area contributed by atoms with Crippen molar-refractivity contribution in [3.8, 4) is 0 Å². The molecule has 1 aliphatic heterocycles. The molecule has 112 valence electrons. The summed E-state index contributed by atoms with van der Waals surface area (Å²) in [5.74, 6) is 0.840. The summed E-state index contributed by atoms with van der Waals surface area (Å²) >= 11 is 1.61. The fourth-order valence-electron chi connectivity index (χ4n) is 2.39. The van der Waals surface area contributed by atoms with Gasteiger partial charge in [0.15, 0.2) is 0 Å². The van der Waals surface area contributed by atoms with Crippen LogP contribution in [0.5, 0.6) is 0 Å². The summed E-state index contributed by atoms with van der Waals surface area (Å²) in [7, 11) is 0. The van der Waals surface area contributed by atoms with Gasteiger partial charge < -0.3 is 15.3 Å². The molecule has 2 atom stereocenters. The van der Waals surface area contributed by atoms with Crippen molar-refractivity contribution < 1.29 is 9.90 Å². The molecule has 0 aromatic heterocycles. The summed E-state index contributed by atoms with van der Waals surface area (Å²) in [6.45, 7) is 5.91. The number of nitrogens with one attached hydrogen (secondary N) is 1. The summed E-state index contributed by atoms with van der Waals surface area (Å²) in [4.78, 5) is 14.3. The lowest BCUT2D eigenvalue weighted by Gasteiger charge is -2.28. The molecule has 2 N–H and O–H groups in total. The van der Waals surface area contributed by atoms with E-state index >= 15 is 0 Å². The van der Waals surface area contributed by atoms with Crippen molar-refractivity contribution in [2.75, 3.05) is 31.6 Å². The van der Waals surface area contributed by atoms with Gasteiger partial charge in [0.1, 0.15) is 0 Å². The Morgan fingerprint density at radius 3 is 2.47 bits per heavy atom. The summed E-state index contributed by atoms with van der Waals surface area (Å²) in [6.07, 6.45) is 6.66. The van der Waals surface area contributed by atoms with Crippen LogP contribution in [0.2, 0.25) is 0 Å². The Kier molecular flexibility index (Phi) is 7.18. The van der Waals surface area contributed by atoms with E-state index in [2.05, 4.69) is 5.32 Å². The molecular formula is C14H28N2O2S. The average Bonchev–Trinajstić information content (AvgIpc) is 2.64. The number of carbonyl (C=O) groups is 1. The first-order chi connectivity index (χ1) is 8.96. The number of rotatable bonds is 6. The van der Waals surface area contributed by atoms with Gasteiger partial charge in [0.05, 0.1) is 11.6 Å². The number of thioether (sulfide) groups is 1. The minimum Gasteiger partial charge on any atom is -0.388 e. The summed E-state index contributed by atoms with van der Waals surface area (Å²) in [6, 6.07) is -0.216. The van der Waals surface area contributed by atoms with E-state index in [0.717, 1.165) is 25.9 Å². The molecule has 0 aliphatic carbocycles. The quantitative estimate of drug-likeness (QED) is 0.777. The predicted octanol–water partition coefficient (Wildman–Crippen LogP) is 1.48. The zero-order valence-electron chi connectivity index (χ0n) is 12.4. The van der Waals surface area contributed by atoms with Gasteiger partial charge in [-0.2, -0.15) is 11.8 Å². The second-order valence-corrected chi connectivity index (χ2v) is 6.64. The molecule has 1 rings (SSSR count). The first-order valence-electron chi connectivity index (χ1n) is 7.20. The van der Waals surface area contributed by atoms with Crippen LogP contribution in [0, 0.1) is 0 Å². The van der Waals surface area contributed by atoms with Gasteiger partial charge >= 0.3 is 0 Å². The second kappa shape index (κ2) is 8.12. The largest absolute Gasteiger partial charge is 0.388 e. The van der Waals surface area contributed by atoms with Gasteiger partial charge in [-0.25, -0.2) is 0 Å². The monoisotopic (exact) mass is 288 g/mol. The van der Waals surface area contributed by atoms with E-state index in [1.807, 2.05) is 18.1 Å². The van der Waals surface area contributed by atoms with E-state index in [0.29, 0.717) is 12.3 Å². The van der Waals surface area contributed by atoms with Crippen molar-refractivity contribution in [2.24, 2.45) is 0 Å². The van der Waals surface area contributed by atoms with E-state index in [4.69, 9.17) is 0 Å². The number of nitrogens with zero attached hydrogens (tertiary/aromatic N) is 1. The van der Waals surface area contributed by atoms with E-state index in [1.165, 1.54) is 12.8 Å². The SMILES string of the molecule is CSCC(C)(O)CNC(C)C(=O)N1CCCCCC1. The molecule has 0 saturated carbocycles. The van der Waals surface area contributed by atoms with Gasteiger partial charge in [0.2, 0.25) is 5.91 Å². The Morgan fingerprint density at radius 1 is 1.37 bits per heavy atom. The highest BCUT2D eigenvalue weighted by molar-refractivity contribution is 7.98. The Labute approximate surface area is 121 Å². The number of carbonyl (C=O) groups excluding carboxylic acids is 1. The van der Waals surface area contributed by atoms with Crippen LogP contribution < -0.4 is 5.32 Å². The fourth-order valence-corrected chi connectivity index (χ4v) is 3.11. The highest BCUT2D eigenvalue weighted by Crippen LogP contribution is 2.12. The minimum atomic E-state index is -0.757. The zero-order valence-corrected chi connectivity index (χ0v) is 13.3. The molecule has 2 unspecified atom stereocenters. The van der Waals surface area contributed by atoms with E-state index < -0.39 is 5.60 Å². The number of aliphatic hydroxyl groups is 1. The lowest BCUT2D eigenvalue weighted by atomic mass is 10.1. The molecule has 1 fully saturated rings. The highest BCUT2D eigenvalue weighted by atomic mass is 32.2. The smallest absolute Gasteiger partial charge is 0.239 e. The Morgan fingerprint density at radius 2 is 1.95 bits per heavy atom. The van der Waals surface area contributed by atoms with Crippen LogP contribution >= 0.6 is 11.8 Å². The molecule has 0 radical (unpaired) electrons. The van der Waals surface area contributed by atoms with E-state index in [1.54, 1.807) is 18.7 Å². The molecule has 0 bridgehead atoms. The standard InChI is InChI=1S/C14H28N2O2S/c1-12(15-10-14(2,18)11-19-3)13(17)16-8-6-4-5-7-9-16/h12,15,18H,4-11H2,1-3H3. The Bertz CT molecular complexity index is 277. The number of hydrogen-bond donors (Lipinski definition) is 2. The molecule has 0 aromatic rings. The molecular weight excluding hydrogens is 260 g/mol. The van der Waals surface area contributed by atoms with Crippen LogP contribution in [0.3, 0.4) is 0 Å². The third-order valence-electron chi connectivity index (χ3n) is 3.53. The lowest BCUT2D eigenvalue weighted by Crippen LogP contribution is -2.50. The van der Waals surface area contributed by atoms with Crippen molar-refractivity contribution in [3.63, 3.8) is 0 Å². The van der Waals surface area contributed by atoms with Crippen LogP contribution in [0.25, 0.3) is 0 Å². The minimum absolute atomic E-state index is 0.168. The van der Waals surface area contributed by atoms with Crippen molar-refractivity contribution in [3.05, 3.63) is 0 Å². The normalized spacial score (nSPS) is 21.6. The maximum Gasteiger partial charge on any atom is 0.239 e. The number of amides is 1. The topological polar surface area (TPSA) is 52.6 Å². The van der Waals surface area contributed by atoms with Crippen LogP contribution in [0.4, 0.5) is 0 Å². The summed E-state index contributed by atoms with van der Waals surface area (Å²) < 4.78 is 0. The lowest BCUT2D eigenvalue weighted by molar-refractivity contribution is -0.133. The third kappa shape index (κ3) is 6.15. The molecule has 1 heterocycles. The summed E-state index contributed by atoms with van der Waals surface area (Å²) in [5.41, 5.74) is -0.757. The maximum atomic E-state index is 12.3.